The Balaban J connectivity index is 1.54. The van der Waals surface area contributed by atoms with Crippen molar-refractivity contribution in [3.8, 4) is 0 Å². The number of hydrogen-bond acceptors (Lipinski definition) is 3. The number of nitrogens with one attached hydrogen (secondary N) is 2. The van der Waals surface area contributed by atoms with E-state index in [2.05, 4.69) is 15.8 Å². The van der Waals surface area contributed by atoms with Gasteiger partial charge in [-0.3, -0.25) is 25.4 Å². The normalized spacial score (nSPS) is 19.3. The highest BCUT2D eigenvalue weighted by molar-refractivity contribution is 5.94. The van der Waals surface area contributed by atoms with E-state index in [-0.39, 0.29) is 29.3 Å². The first-order valence-electron chi connectivity index (χ1n) is 6.92. The summed E-state index contributed by atoms with van der Waals surface area (Å²) in [7, 11) is 0. The van der Waals surface area contributed by atoms with Crippen molar-refractivity contribution in [1.29, 1.82) is 0 Å². The van der Waals surface area contributed by atoms with Crippen LogP contribution in [0.2, 0.25) is 0 Å². The molecule has 1 saturated carbocycles. The molecule has 1 fully saturated rings. The second kappa shape index (κ2) is 5.93. The van der Waals surface area contributed by atoms with Crippen LogP contribution in [0.4, 0.5) is 4.39 Å². The summed E-state index contributed by atoms with van der Waals surface area (Å²) >= 11 is 0. The van der Waals surface area contributed by atoms with Crippen molar-refractivity contribution < 1.29 is 14.0 Å². The lowest BCUT2D eigenvalue weighted by Gasteiger charge is -2.07. The Morgan fingerprint density at radius 3 is 2.59 bits per heavy atom. The molecule has 2 amide bonds. The molecule has 2 atom stereocenters. The highest BCUT2D eigenvalue weighted by Gasteiger charge is 2.45. The van der Waals surface area contributed by atoms with Gasteiger partial charge in [0, 0.05) is 12.1 Å². The molecule has 2 aromatic rings. The third kappa shape index (κ3) is 2.95. The van der Waals surface area contributed by atoms with Crippen molar-refractivity contribution in [1.82, 2.24) is 15.8 Å². The predicted molar refractivity (Wildman–Crippen MR) is 77.1 cm³/mol. The molecule has 112 valence electrons. The van der Waals surface area contributed by atoms with Gasteiger partial charge in [0.1, 0.15) is 11.5 Å². The summed E-state index contributed by atoms with van der Waals surface area (Å²) in [6, 6.07) is 11.3. The fraction of sp³-hybridized carbons (Fsp3) is 0.188. The Morgan fingerprint density at radius 1 is 1.09 bits per heavy atom. The molecule has 0 aliphatic heterocycles. The van der Waals surface area contributed by atoms with E-state index < -0.39 is 5.91 Å². The van der Waals surface area contributed by atoms with Crippen LogP contribution in [0.5, 0.6) is 0 Å². The van der Waals surface area contributed by atoms with Crippen molar-refractivity contribution in [3.05, 3.63) is 65.7 Å². The largest absolute Gasteiger partial charge is 0.288 e. The van der Waals surface area contributed by atoms with E-state index in [0.29, 0.717) is 12.0 Å². The molecule has 5 nitrogen and oxygen atoms in total. The number of amides is 2. The Bertz CT molecular complexity index is 706. The minimum Gasteiger partial charge on any atom is -0.273 e. The maximum Gasteiger partial charge on any atom is 0.288 e. The molecular formula is C16H14FN3O2. The molecule has 0 spiro atoms. The number of benzene rings is 1. The molecule has 0 saturated heterocycles. The quantitative estimate of drug-likeness (QED) is 0.849. The maximum absolute atomic E-state index is 13.6. The number of halogens is 1. The van der Waals surface area contributed by atoms with Gasteiger partial charge in [-0.05, 0) is 36.1 Å². The second-order valence-electron chi connectivity index (χ2n) is 5.13. The molecule has 0 bridgehead atoms. The van der Waals surface area contributed by atoms with E-state index in [0.717, 1.165) is 0 Å². The number of aromatic nitrogens is 1. The van der Waals surface area contributed by atoms with E-state index in [1.54, 1.807) is 36.4 Å². The van der Waals surface area contributed by atoms with E-state index in [1.807, 2.05) is 0 Å². The zero-order chi connectivity index (χ0) is 15.5. The molecule has 1 heterocycles. The topological polar surface area (TPSA) is 71.1 Å². The summed E-state index contributed by atoms with van der Waals surface area (Å²) in [5.41, 5.74) is 5.43. The minimum absolute atomic E-state index is 0.132. The molecule has 1 aliphatic carbocycles. The van der Waals surface area contributed by atoms with Gasteiger partial charge in [-0.15, -0.1) is 0 Å². The number of carbonyl (C=O) groups is 2. The third-order valence-electron chi connectivity index (χ3n) is 3.63. The molecule has 0 radical (unpaired) electrons. The van der Waals surface area contributed by atoms with E-state index in [9.17, 15) is 14.0 Å². The lowest BCUT2D eigenvalue weighted by molar-refractivity contribution is -0.123. The van der Waals surface area contributed by atoms with E-state index in [4.69, 9.17) is 0 Å². The average molecular weight is 299 g/mol. The molecule has 3 rings (SSSR count). The van der Waals surface area contributed by atoms with Crippen LogP contribution in [0, 0.1) is 11.7 Å². The SMILES string of the molecule is O=C(NNC(=O)[C@@H]1C[C@@H]1c1ccccc1F)c1ccccn1. The second-order valence-corrected chi connectivity index (χ2v) is 5.13. The molecule has 1 aromatic carbocycles. The summed E-state index contributed by atoms with van der Waals surface area (Å²) < 4.78 is 13.6. The number of rotatable bonds is 3. The highest BCUT2D eigenvalue weighted by Crippen LogP contribution is 2.48. The van der Waals surface area contributed by atoms with Gasteiger partial charge in [0.25, 0.3) is 5.91 Å². The van der Waals surface area contributed by atoms with Gasteiger partial charge >= 0.3 is 0 Å². The standard InChI is InChI=1S/C16H14FN3O2/c17-13-6-2-1-5-10(13)11-9-12(11)15(21)19-20-16(22)14-7-3-4-8-18-14/h1-8,11-12H,9H2,(H,19,21)(H,20,22)/t11-,12-/m1/s1. The summed E-state index contributed by atoms with van der Waals surface area (Å²) in [6.45, 7) is 0. The summed E-state index contributed by atoms with van der Waals surface area (Å²) in [5.74, 6) is -1.57. The summed E-state index contributed by atoms with van der Waals surface area (Å²) in [6.07, 6.45) is 2.07. The first kappa shape index (κ1) is 14.2. The van der Waals surface area contributed by atoms with Crippen LogP contribution in [0.15, 0.2) is 48.7 Å². The Kier molecular flexibility index (Phi) is 3.82. The number of hydrazine groups is 1. The van der Waals surface area contributed by atoms with E-state index >= 15 is 0 Å². The first-order valence-corrected chi connectivity index (χ1v) is 6.92. The summed E-state index contributed by atoms with van der Waals surface area (Å²) in [4.78, 5) is 27.6. The number of carbonyl (C=O) groups excluding carboxylic acids is 2. The monoisotopic (exact) mass is 299 g/mol. The van der Waals surface area contributed by atoms with E-state index in [1.165, 1.54) is 12.3 Å². The van der Waals surface area contributed by atoms with Gasteiger partial charge in [-0.1, -0.05) is 24.3 Å². The fourth-order valence-electron chi connectivity index (χ4n) is 2.38. The third-order valence-corrected chi connectivity index (χ3v) is 3.63. The molecule has 1 aromatic heterocycles. The lowest BCUT2D eigenvalue weighted by Crippen LogP contribution is -2.42. The van der Waals surface area contributed by atoms with Crippen LogP contribution >= 0.6 is 0 Å². The van der Waals surface area contributed by atoms with Crippen molar-refractivity contribution >= 4 is 11.8 Å². The summed E-state index contributed by atoms with van der Waals surface area (Å²) in [5, 5.41) is 0. The number of nitrogens with zero attached hydrogens (tertiary/aromatic N) is 1. The van der Waals surface area contributed by atoms with Crippen molar-refractivity contribution in [2.75, 3.05) is 0 Å². The lowest BCUT2D eigenvalue weighted by atomic mass is 10.1. The minimum atomic E-state index is -0.489. The van der Waals surface area contributed by atoms with Gasteiger partial charge in [0.2, 0.25) is 5.91 Å². The predicted octanol–water partition coefficient (Wildman–Crippen LogP) is 1.79. The van der Waals surface area contributed by atoms with Crippen LogP contribution < -0.4 is 10.9 Å². The van der Waals surface area contributed by atoms with Crippen LogP contribution in [0.3, 0.4) is 0 Å². The molecule has 2 N–H and O–H groups in total. The average Bonchev–Trinajstić information content (AvgIpc) is 3.34. The highest BCUT2D eigenvalue weighted by atomic mass is 19.1. The molecule has 1 aliphatic rings. The zero-order valence-corrected chi connectivity index (χ0v) is 11.6. The van der Waals surface area contributed by atoms with Crippen LogP contribution in [0.25, 0.3) is 0 Å². The van der Waals surface area contributed by atoms with Gasteiger partial charge in [0.15, 0.2) is 0 Å². The fourth-order valence-corrected chi connectivity index (χ4v) is 2.38. The molecule has 0 unspecified atom stereocenters. The Morgan fingerprint density at radius 2 is 1.86 bits per heavy atom. The van der Waals surface area contributed by atoms with Crippen molar-refractivity contribution in [2.24, 2.45) is 5.92 Å². The number of hydrogen-bond donors (Lipinski definition) is 2. The number of pyridine rings is 1. The van der Waals surface area contributed by atoms with Crippen LogP contribution in [0.1, 0.15) is 28.4 Å². The smallest absolute Gasteiger partial charge is 0.273 e. The van der Waals surface area contributed by atoms with Gasteiger partial charge in [-0.25, -0.2) is 4.39 Å². The maximum atomic E-state index is 13.6. The van der Waals surface area contributed by atoms with Crippen LogP contribution in [-0.4, -0.2) is 16.8 Å². The Hall–Kier alpha value is -2.76. The van der Waals surface area contributed by atoms with Crippen molar-refractivity contribution in [2.45, 2.75) is 12.3 Å². The molecule has 22 heavy (non-hydrogen) atoms. The Labute approximate surface area is 126 Å². The van der Waals surface area contributed by atoms with Gasteiger partial charge < -0.3 is 0 Å². The first-order chi connectivity index (χ1) is 10.7. The van der Waals surface area contributed by atoms with Crippen molar-refractivity contribution in [3.63, 3.8) is 0 Å². The van der Waals surface area contributed by atoms with Crippen LogP contribution in [-0.2, 0) is 4.79 Å². The molecular weight excluding hydrogens is 285 g/mol. The van der Waals surface area contributed by atoms with Gasteiger partial charge in [-0.2, -0.15) is 0 Å². The molecule has 6 heteroatoms. The van der Waals surface area contributed by atoms with Gasteiger partial charge in [0.05, 0.1) is 0 Å². The zero-order valence-electron chi connectivity index (χ0n) is 11.6.